The molecule has 0 aliphatic carbocycles. The Hall–Kier alpha value is -3.08. The lowest BCUT2D eigenvalue weighted by atomic mass is 9.99. The van der Waals surface area contributed by atoms with Crippen molar-refractivity contribution in [2.45, 2.75) is 24.9 Å². The molecule has 0 spiro atoms. The first-order valence-electron chi connectivity index (χ1n) is 10.2. The number of hydrogen-bond acceptors (Lipinski definition) is 9. The highest BCUT2D eigenvalue weighted by Gasteiger charge is 2.26. The summed E-state index contributed by atoms with van der Waals surface area (Å²) in [6, 6.07) is 7.81. The standard InChI is InChI=1S/C21H23N7O2S/c1-28(15-4-5-22-14(7-15)11-29)21-25-20-19(31-21)8-17(26-27-20)16-3-2-12(6-18(16)30)13-9-23-24-10-13/h2-3,6,8-10,14-15,22,29-30H,4-5,7,11H2,1H3,(H,23,24)/t14-,15-/m0/s1. The number of aliphatic hydroxyl groups is 1. The lowest BCUT2D eigenvalue weighted by Gasteiger charge is -2.35. The summed E-state index contributed by atoms with van der Waals surface area (Å²) in [5, 5.41) is 39.6. The van der Waals surface area contributed by atoms with E-state index in [0.29, 0.717) is 22.9 Å². The fourth-order valence-electron chi connectivity index (χ4n) is 3.98. The van der Waals surface area contributed by atoms with E-state index in [0.717, 1.165) is 40.3 Å². The summed E-state index contributed by atoms with van der Waals surface area (Å²) in [7, 11) is 2.04. The first-order valence-corrected chi connectivity index (χ1v) is 11.0. The second kappa shape index (κ2) is 8.22. The van der Waals surface area contributed by atoms with Crippen LogP contribution in [0.25, 0.3) is 32.7 Å². The van der Waals surface area contributed by atoms with E-state index in [-0.39, 0.29) is 18.4 Å². The molecule has 31 heavy (non-hydrogen) atoms. The molecule has 0 unspecified atom stereocenters. The summed E-state index contributed by atoms with van der Waals surface area (Å²) in [4.78, 5) is 6.83. The number of phenolic OH excluding ortho intramolecular Hbond substituents is 1. The number of anilines is 1. The zero-order valence-electron chi connectivity index (χ0n) is 17.0. The fourth-order valence-corrected chi connectivity index (χ4v) is 4.95. The van der Waals surface area contributed by atoms with Crippen LogP contribution in [0.4, 0.5) is 5.13 Å². The Morgan fingerprint density at radius 3 is 2.90 bits per heavy atom. The first kappa shape index (κ1) is 19.9. The van der Waals surface area contributed by atoms with Crippen LogP contribution in [0, 0.1) is 0 Å². The normalized spacial score (nSPS) is 19.0. The highest BCUT2D eigenvalue weighted by atomic mass is 32.1. The largest absolute Gasteiger partial charge is 0.507 e. The summed E-state index contributed by atoms with van der Waals surface area (Å²) in [5.41, 5.74) is 3.59. The third kappa shape index (κ3) is 3.85. The molecule has 9 nitrogen and oxygen atoms in total. The lowest BCUT2D eigenvalue weighted by Crippen LogP contribution is -2.48. The zero-order valence-corrected chi connectivity index (χ0v) is 17.8. The number of phenols is 1. The van der Waals surface area contributed by atoms with Crippen LogP contribution in [0.15, 0.2) is 36.7 Å². The number of aromatic nitrogens is 5. The number of benzene rings is 1. The summed E-state index contributed by atoms with van der Waals surface area (Å²) < 4.78 is 0.915. The van der Waals surface area contributed by atoms with Gasteiger partial charge in [-0.25, -0.2) is 0 Å². The third-order valence-electron chi connectivity index (χ3n) is 5.79. The van der Waals surface area contributed by atoms with Crippen molar-refractivity contribution in [1.29, 1.82) is 0 Å². The molecule has 1 saturated heterocycles. The van der Waals surface area contributed by atoms with Crippen LogP contribution in [0.5, 0.6) is 5.75 Å². The number of fused-ring (bicyclic) bond motifs is 1. The molecular formula is C21H23N7O2S. The maximum atomic E-state index is 10.6. The number of piperidine rings is 1. The van der Waals surface area contributed by atoms with Crippen LogP contribution in [0.1, 0.15) is 12.8 Å². The minimum Gasteiger partial charge on any atom is -0.507 e. The molecule has 4 aromatic rings. The SMILES string of the molecule is CN(c1nc2nnc(-c3ccc(-c4cn[nH]c4)cc3O)cc2s1)[C@H]1CCN[C@H](CO)C1. The van der Waals surface area contributed by atoms with Gasteiger partial charge in [-0.2, -0.15) is 10.1 Å². The smallest absolute Gasteiger partial charge is 0.194 e. The average molecular weight is 438 g/mol. The molecule has 1 aliphatic heterocycles. The van der Waals surface area contributed by atoms with Crippen molar-refractivity contribution < 1.29 is 10.2 Å². The predicted molar refractivity (Wildman–Crippen MR) is 120 cm³/mol. The molecule has 1 aromatic carbocycles. The Bertz CT molecular complexity index is 1190. The molecule has 0 radical (unpaired) electrons. The molecule has 1 aliphatic rings. The van der Waals surface area contributed by atoms with E-state index in [2.05, 4.69) is 35.6 Å². The fraction of sp³-hybridized carbons (Fsp3) is 0.333. The van der Waals surface area contributed by atoms with Gasteiger partial charge in [0.1, 0.15) is 5.75 Å². The Balaban J connectivity index is 1.42. The van der Waals surface area contributed by atoms with E-state index in [4.69, 9.17) is 0 Å². The van der Waals surface area contributed by atoms with Gasteiger partial charge in [0.25, 0.3) is 0 Å². The van der Waals surface area contributed by atoms with Gasteiger partial charge in [0.15, 0.2) is 10.8 Å². The highest BCUT2D eigenvalue weighted by molar-refractivity contribution is 7.22. The van der Waals surface area contributed by atoms with E-state index in [1.807, 2.05) is 25.2 Å². The van der Waals surface area contributed by atoms with Crippen molar-refractivity contribution in [2.75, 3.05) is 25.1 Å². The topological polar surface area (TPSA) is 123 Å². The summed E-state index contributed by atoms with van der Waals surface area (Å²) in [5.74, 6) is 0.138. The molecule has 160 valence electrons. The number of aliphatic hydroxyl groups excluding tert-OH is 1. The molecule has 4 N–H and O–H groups in total. The van der Waals surface area contributed by atoms with Crippen LogP contribution in [-0.2, 0) is 0 Å². The number of nitrogens with one attached hydrogen (secondary N) is 2. The van der Waals surface area contributed by atoms with Crippen molar-refractivity contribution in [3.8, 4) is 28.1 Å². The number of hydrogen-bond donors (Lipinski definition) is 4. The number of aromatic amines is 1. The Morgan fingerprint density at radius 2 is 2.13 bits per heavy atom. The summed E-state index contributed by atoms with van der Waals surface area (Å²) >= 11 is 1.56. The number of thiazole rings is 1. The van der Waals surface area contributed by atoms with Crippen molar-refractivity contribution in [3.63, 3.8) is 0 Å². The van der Waals surface area contributed by atoms with Crippen molar-refractivity contribution in [1.82, 2.24) is 30.7 Å². The Labute approximate surface area is 182 Å². The van der Waals surface area contributed by atoms with Gasteiger partial charge in [0.05, 0.1) is 23.2 Å². The van der Waals surface area contributed by atoms with Crippen LogP contribution in [-0.4, -0.2) is 67.9 Å². The monoisotopic (exact) mass is 437 g/mol. The van der Waals surface area contributed by atoms with Crippen LogP contribution in [0.2, 0.25) is 0 Å². The van der Waals surface area contributed by atoms with Crippen molar-refractivity contribution >= 4 is 26.8 Å². The van der Waals surface area contributed by atoms with Gasteiger partial charge >= 0.3 is 0 Å². The van der Waals surface area contributed by atoms with E-state index in [9.17, 15) is 10.2 Å². The minimum atomic E-state index is 0.120. The van der Waals surface area contributed by atoms with Crippen LogP contribution >= 0.6 is 11.3 Å². The number of nitrogens with zero attached hydrogens (tertiary/aromatic N) is 5. The van der Waals surface area contributed by atoms with Crippen LogP contribution < -0.4 is 10.2 Å². The molecule has 3 aromatic heterocycles. The maximum Gasteiger partial charge on any atom is 0.194 e. The lowest BCUT2D eigenvalue weighted by molar-refractivity contribution is 0.209. The third-order valence-corrected chi connectivity index (χ3v) is 6.87. The second-order valence-corrected chi connectivity index (χ2v) is 8.76. The summed E-state index contributed by atoms with van der Waals surface area (Å²) in [6.45, 7) is 1.02. The second-order valence-electron chi connectivity index (χ2n) is 7.76. The average Bonchev–Trinajstić information content (AvgIpc) is 3.48. The van der Waals surface area contributed by atoms with E-state index >= 15 is 0 Å². The molecular weight excluding hydrogens is 414 g/mol. The van der Waals surface area contributed by atoms with Crippen molar-refractivity contribution in [3.05, 3.63) is 36.7 Å². The maximum absolute atomic E-state index is 10.6. The zero-order chi connectivity index (χ0) is 21.4. The van der Waals surface area contributed by atoms with Gasteiger partial charge < -0.3 is 20.4 Å². The molecule has 1 fully saturated rings. The molecule has 2 atom stereocenters. The van der Waals surface area contributed by atoms with Crippen molar-refractivity contribution in [2.24, 2.45) is 0 Å². The predicted octanol–water partition coefficient (Wildman–Crippen LogP) is 2.40. The number of H-pyrrole nitrogens is 1. The van der Waals surface area contributed by atoms with Crippen LogP contribution in [0.3, 0.4) is 0 Å². The molecule has 5 rings (SSSR count). The highest BCUT2D eigenvalue weighted by Crippen LogP contribution is 2.35. The first-order chi connectivity index (χ1) is 15.1. The molecule has 4 heterocycles. The summed E-state index contributed by atoms with van der Waals surface area (Å²) in [6.07, 6.45) is 5.36. The molecule has 10 heteroatoms. The van der Waals surface area contributed by atoms with E-state index in [1.165, 1.54) is 0 Å². The van der Waals surface area contributed by atoms with Gasteiger partial charge in [-0.3, -0.25) is 5.10 Å². The van der Waals surface area contributed by atoms with E-state index in [1.54, 1.807) is 29.8 Å². The van der Waals surface area contributed by atoms with Gasteiger partial charge in [-0.05, 0) is 43.1 Å². The molecule has 0 amide bonds. The van der Waals surface area contributed by atoms with E-state index < -0.39 is 0 Å². The minimum absolute atomic E-state index is 0.120. The number of aromatic hydroxyl groups is 1. The Kier molecular flexibility index (Phi) is 5.26. The van der Waals surface area contributed by atoms with Gasteiger partial charge in [-0.1, -0.05) is 17.4 Å². The Morgan fingerprint density at radius 1 is 1.23 bits per heavy atom. The van der Waals surface area contributed by atoms with Gasteiger partial charge in [-0.15, -0.1) is 10.2 Å². The van der Waals surface area contributed by atoms with Gasteiger partial charge in [0.2, 0.25) is 0 Å². The molecule has 0 saturated carbocycles. The molecule has 0 bridgehead atoms. The number of rotatable bonds is 5. The quantitative estimate of drug-likeness (QED) is 0.375. The van der Waals surface area contributed by atoms with Gasteiger partial charge in [0, 0.05) is 36.5 Å².